The van der Waals surface area contributed by atoms with Gasteiger partial charge in [-0.2, -0.15) is 5.26 Å². The third kappa shape index (κ3) is 2.93. The topological polar surface area (TPSA) is 88.0 Å². The van der Waals surface area contributed by atoms with Gasteiger partial charge in [0, 0.05) is 12.7 Å². The number of rotatable bonds is 5. The molecule has 0 amide bonds. The van der Waals surface area contributed by atoms with Crippen molar-refractivity contribution in [2.24, 2.45) is 0 Å². The summed E-state index contributed by atoms with van der Waals surface area (Å²) in [5, 5.41) is 19.2. The summed E-state index contributed by atoms with van der Waals surface area (Å²) in [5.74, 6) is 0. The molecule has 0 unspecified atom stereocenters. The van der Waals surface area contributed by atoms with E-state index in [1.807, 2.05) is 0 Å². The molecule has 19 heavy (non-hydrogen) atoms. The molecule has 0 saturated carbocycles. The zero-order valence-corrected chi connectivity index (χ0v) is 11.5. The Hall–Kier alpha value is -1.87. The van der Waals surface area contributed by atoms with Crippen LogP contribution >= 0.6 is 0 Å². The first kappa shape index (κ1) is 15.2. The molecule has 6 nitrogen and oxygen atoms in total. The fourth-order valence-electron chi connectivity index (χ4n) is 1.86. The van der Waals surface area contributed by atoms with E-state index in [-0.39, 0.29) is 12.1 Å². The number of aryl methyl sites for hydroxylation is 1. The second-order valence-electron chi connectivity index (χ2n) is 4.55. The van der Waals surface area contributed by atoms with E-state index < -0.39 is 16.9 Å². The van der Waals surface area contributed by atoms with Gasteiger partial charge in [-0.05, 0) is 19.8 Å². The van der Waals surface area contributed by atoms with Gasteiger partial charge in [0.2, 0.25) is 0 Å². The lowest BCUT2D eigenvalue weighted by Crippen LogP contribution is -2.46. The maximum atomic E-state index is 12.1. The van der Waals surface area contributed by atoms with Crippen LogP contribution in [0.2, 0.25) is 0 Å². The molecule has 0 aliphatic rings. The van der Waals surface area contributed by atoms with E-state index in [9.17, 15) is 14.7 Å². The van der Waals surface area contributed by atoms with Gasteiger partial charge in [-0.3, -0.25) is 13.9 Å². The van der Waals surface area contributed by atoms with E-state index in [2.05, 4.69) is 0 Å². The van der Waals surface area contributed by atoms with Crippen LogP contribution in [0.3, 0.4) is 0 Å². The van der Waals surface area contributed by atoms with Crippen LogP contribution in [-0.4, -0.2) is 19.8 Å². The molecule has 0 saturated heterocycles. The zero-order chi connectivity index (χ0) is 14.6. The van der Waals surface area contributed by atoms with Crippen LogP contribution in [0.25, 0.3) is 0 Å². The first-order valence-corrected chi connectivity index (χ1v) is 6.39. The maximum absolute atomic E-state index is 12.1. The van der Waals surface area contributed by atoms with E-state index in [4.69, 9.17) is 5.26 Å². The summed E-state index contributed by atoms with van der Waals surface area (Å²) in [7, 11) is 0. The molecule has 104 valence electrons. The van der Waals surface area contributed by atoms with Crippen LogP contribution in [0.4, 0.5) is 0 Å². The molecule has 0 aliphatic carbocycles. The molecule has 1 aromatic heterocycles. The molecule has 6 heteroatoms. The molecule has 1 N–H and O–H groups in total. The van der Waals surface area contributed by atoms with Crippen LogP contribution in [0.15, 0.2) is 15.8 Å². The predicted octanol–water partition coefficient (Wildman–Crippen LogP) is 0.453. The Balaban J connectivity index is 3.47. The Morgan fingerprint density at radius 1 is 1.32 bits per heavy atom. The molecule has 0 spiro atoms. The Morgan fingerprint density at radius 2 is 1.89 bits per heavy atom. The summed E-state index contributed by atoms with van der Waals surface area (Å²) in [5.41, 5.74) is -2.33. The number of hydrogen-bond acceptors (Lipinski definition) is 4. The quantitative estimate of drug-likeness (QED) is 0.837. The van der Waals surface area contributed by atoms with Crippen molar-refractivity contribution in [1.29, 1.82) is 5.26 Å². The van der Waals surface area contributed by atoms with Gasteiger partial charge in [0.15, 0.2) is 0 Å². The van der Waals surface area contributed by atoms with Gasteiger partial charge in [0.05, 0.1) is 12.1 Å². The fraction of sp³-hybridized carbons (Fsp3) is 0.615. The van der Waals surface area contributed by atoms with Crippen molar-refractivity contribution in [1.82, 2.24) is 9.13 Å². The Kier molecular flexibility index (Phi) is 4.67. The number of aromatic nitrogens is 2. The van der Waals surface area contributed by atoms with Gasteiger partial charge in [-0.15, -0.1) is 0 Å². The van der Waals surface area contributed by atoms with E-state index >= 15 is 0 Å². The Labute approximate surface area is 111 Å². The number of nitriles is 1. The number of aliphatic hydroxyl groups is 1. The van der Waals surface area contributed by atoms with Crippen LogP contribution in [0, 0.1) is 11.3 Å². The van der Waals surface area contributed by atoms with Gasteiger partial charge < -0.3 is 5.11 Å². The maximum Gasteiger partial charge on any atom is 0.331 e. The monoisotopic (exact) mass is 265 g/mol. The average Bonchev–Trinajstić information content (AvgIpc) is 2.43. The first-order chi connectivity index (χ1) is 8.92. The summed E-state index contributed by atoms with van der Waals surface area (Å²) < 4.78 is 2.25. The van der Waals surface area contributed by atoms with Crippen LogP contribution in [-0.2, 0) is 13.1 Å². The second-order valence-corrected chi connectivity index (χ2v) is 4.55. The molecular formula is C13H19N3O3. The molecule has 0 atom stereocenters. The van der Waals surface area contributed by atoms with Gasteiger partial charge in [-0.25, -0.2) is 4.79 Å². The van der Waals surface area contributed by atoms with Crippen molar-refractivity contribution in [2.75, 3.05) is 0 Å². The van der Waals surface area contributed by atoms with Crippen molar-refractivity contribution in [3.05, 3.63) is 32.6 Å². The van der Waals surface area contributed by atoms with Crippen LogP contribution in [0.1, 0.15) is 39.2 Å². The van der Waals surface area contributed by atoms with Crippen molar-refractivity contribution < 1.29 is 5.11 Å². The minimum Gasteiger partial charge on any atom is -0.388 e. The van der Waals surface area contributed by atoms with Gasteiger partial charge in [0.1, 0.15) is 11.6 Å². The van der Waals surface area contributed by atoms with Gasteiger partial charge in [0.25, 0.3) is 5.56 Å². The van der Waals surface area contributed by atoms with E-state index in [1.165, 1.54) is 10.8 Å². The Morgan fingerprint density at radius 3 is 2.32 bits per heavy atom. The van der Waals surface area contributed by atoms with Crippen molar-refractivity contribution in [3.63, 3.8) is 0 Å². The molecule has 0 fully saturated rings. The smallest absolute Gasteiger partial charge is 0.331 e. The van der Waals surface area contributed by atoms with Crippen LogP contribution in [0.5, 0.6) is 0 Å². The average molecular weight is 265 g/mol. The first-order valence-electron chi connectivity index (χ1n) is 6.39. The summed E-state index contributed by atoms with van der Waals surface area (Å²) >= 11 is 0. The minimum absolute atomic E-state index is 0.0870. The van der Waals surface area contributed by atoms with Gasteiger partial charge >= 0.3 is 5.69 Å². The molecule has 0 radical (unpaired) electrons. The SMILES string of the molecule is CCn1cc(C#N)c(=O)n(CC(O)(CC)CC)c1=O. The standard InChI is InChI=1S/C13H19N3O3/c1-4-13(19,5-2)9-16-11(17)10(7-14)8-15(6-3)12(16)18/h8,19H,4-6,9H2,1-3H3. The highest BCUT2D eigenvalue weighted by Crippen LogP contribution is 2.15. The highest BCUT2D eigenvalue weighted by molar-refractivity contribution is 5.22. The summed E-state index contributed by atoms with van der Waals surface area (Å²) in [6.45, 7) is 5.61. The van der Waals surface area contributed by atoms with E-state index in [1.54, 1.807) is 26.8 Å². The molecule has 0 bridgehead atoms. The van der Waals surface area contributed by atoms with Crippen LogP contribution < -0.4 is 11.2 Å². The second kappa shape index (κ2) is 5.85. The molecule has 1 heterocycles. The fourth-order valence-corrected chi connectivity index (χ4v) is 1.86. The summed E-state index contributed by atoms with van der Waals surface area (Å²) in [4.78, 5) is 24.1. The summed E-state index contributed by atoms with van der Waals surface area (Å²) in [6, 6.07) is 1.78. The highest BCUT2D eigenvalue weighted by atomic mass is 16.3. The lowest BCUT2D eigenvalue weighted by atomic mass is 9.97. The predicted molar refractivity (Wildman–Crippen MR) is 70.9 cm³/mol. The third-order valence-electron chi connectivity index (χ3n) is 3.47. The lowest BCUT2D eigenvalue weighted by Gasteiger charge is -2.25. The largest absolute Gasteiger partial charge is 0.388 e. The lowest BCUT2D eigenvalue weighted by molar-refractivity contribution is 0.0126. The Bertz CT molecular complexity index is 603. The van der Waals surface area contributed by atoms with E-state index in [0.717, 1.165) is 4.57 Å². The summed E-state index contributed by atoms with van der Waals surface area (Å²) in [6.07, 6.45) is 2.12. The zero-order valence-electron chi connectivity index (χ0n) is 11.5. The molecule has 0 aromatic carbocycles. The highest BCUT2D eigenvalue weighted by Gasteiger charge is 2.25. The normalized spacial score (nSPS) is 11.3. The molecular weight excluding hydrogens is 246 g/mol. The number of nitrogens with zero attached hydrogens (tertiary/aromatic N) is 3. The third-order valence-corrected chi connectivity index (χ3v) is 3.47. The molecule has 0 aliphatic heterocycles. The van der Waals surface area contributed by atoms with Gasteiger partial charge in [-0.1, -0.05) is 13.8 Å². The van der Waals surface area contributed by atoms with E-state index in [0.29, 0.717) is 19.4 Å². The molecule has 1 rings (SSSR count). The van der Waals surface area contributed by atoms with Crippen molar-refractivity contribution in [3.8, 4) is 6.07 Å². The molecule has 1 aromatic rings. The number of hydrogen-bond donors (Lipinski definition) is 1. The minimum atomic E-state index is -1.11. The van der Waals surface area contributed by atoms with Crippen molar-refractivity contribution >= 4 is 0 Å². The van der Waals surface area contributed by atoms with Crippen molar-refractivity contribution in [2.45, 2.75) is 52.3 Å².